The maximum absolute atomic E-state index is 13.5. The number of aromatic nitrogens is 2. The van der Waals surface area contributed by atoms with Crippen LogP contribution in [-0.2, 0) is 35.2 Å². The fraction of sp³-hybridized carbons (Fsp3) is 0.441. The third-order valence-corrected chi connectivity index (χ3v) is 6.45. The normalized spacial score (nSPS) is 13.0. The number of esters is 1. The summed E-state index contributed by atoms with van der Waals surface area (Å²) in [5.74, 6) is -1.41. The van der Waals surface area contributed by atoms with Crippen LogP contribution >= 0.6 is 0 Å². The van der Waals surface area contributed by atoms with Crippen molar-refractivity contribution in [2.45, 2.75) is 78.3 Å². The molecule has 12 heteroatoms. The lowest BCUT2D eigenvalue weighted by Crippen LogP contribution is -2.59. The minimum absolute atomic E-state index is 0.149. The molecule has 46 heavy (non-hydrogen) atoms. The standard InChI is InChI=1S/C34H45N5O7/c1-23(2)19-45-30(41)28(25-16-12-9-13-17-25)39-18-27(35-22-39)37-29(40)26(21-44-20-24-14-10-8-11-15-24)36-31(42)34(6,7)38-32(43)46-33(3,4)5/h8-18,22-23,26,28H,19-21H2,1-7H3,(H,36,42)(H,37,40)(H,38,43). The van der Waals surface area contributed by atoms with Gasteiger partial charge in [-0.25, -0.2) is 14.6 Å². The van der Waals surface area contributed by atoms with Crippen LogP contribution in [0.2, 0.25) is 0 Å². The second-order valence-electron chi connectivity index (χ2n) is 12.8. The first-order chi connectivity index (χ1) is 21.6. The molecular formula is C34H45N5O7. The highest BCUT2D eigenvalue weighted by molar-refractivity contribution is 5.98. The first-order valence-corrected chi connectivity index (χ1v) is 15.1. The number of amides is 3. The van der Waals surface area contributed by atoms with Crippen molar-refractivity contribution in [2.24, 2.45) is 5.92 Å². The van der Waals surface area contributed by atoms with Crippen LogP contribution < -0.4 is 16.0 Å². The van der Waals surface area contributed by atoms with Gasteiger partial charge in [0.2, 0.25) is 5.91 Å². The first-order valence-electron chi connectivity index (χ1n) is 15.1. The number of imidazole rings is 1. The first kappa shape index (κ1) is 35.8. The Morgan fingerprint density at radius 3 is 2.13 bits per heavy atom. The van der Waals surface area contributed by atoms with Gasteiger partial charge in [-0.15, -0.1) is 0 Å². The van der Waals surface area contributed by atoms with E-state index in [0.29, 0.717) is 5.56 Å². The van der Waals surface area contributed by atoms with E-state index in [2.05, 4.69) is 20.9 Å². The number of benzene rings is 2. The number of rotatable bonds is 14. The van der Waals surface area contributed by atoms with Gasteiger partial charge in [0.05, 0.1) is 26.1 Å². The molecule has 3 rings (SSSR count). The van der Waals surface area contributed by atoms with Crippen LogP contribution in [0.25, 0.3) is 0 Å². The van der Waals surface area contributed by atoms with E-state index in [1.165, 1.54) is 26.4 Å². The zero-order valence-electron chi connectivity index (χ0n) is 27.5. The van der Waals surface area contributed by atoms with Crippen molar-refractivity contribution in [3.05, 3.63) is 84.3 Å². The molecule has 2 unspecified atom stereocenters. The van der Waals surface area contributed by atoms with E-state index in [4.69, 9.17) is 14.2 Å². The van der Waals surface area contributed by atoms with E-state index < -0.39 is 47.1 Å². The molecule has 0 saturated carbocycles. The van der Waals surface area contributed by atoms with Crippen molar-refractivity contribution in [3.8, 4) is 0 Å². The molecule has 3 amide bonds. The van der Waals surface area contributed by atoms with Gasteiger partial charge in [-0.3, -0.25) is 9.59 Å². The molecule has 2 aromatic carbocycles. The number of carbonyl (C=O) groups is 4. The average Bonchev–Trinajstić information content (AvgIpc) is 3.42. The van der Waals surface area contributed by atoms with E-state index in [9.17, 15) is 19.2 Å². The lowest BCUT2D eigenvalue weighted by Gasteiger charge is -2.29. The van der Waals surface area contributed by atoms with Gasteiger partial charge in [-0.1, -0.05) is 74.5 Å². The molecule has 0 aliphatic rings. The molecule has 0 radical (unpaired) electrons. The summed E-state index contributed by atoms with van der Waals surface area (Å²) in [5, 5.41) is 7.93. The number of alkyl carbamates (subject to hydrolysis) is 1. The zero-order valence-corrected chi connectivity index (χ0v) is 27.5. The number of ether oxygens (including phenoxy) is 3. The lowest BCUT2D eigenvalue weighted by molar-refractivity contribution is -0.147. The Labute approximate surface area is 270 Å². The fourth-order valence-electron chi connectivity index (χ4n) is 4.15. The van der Waals surface area contributed by atoms with Crippen molar-refractivity contribution in [1.29, 1.82) is 0 Å². The van der Waals surface area contributed by atoms with E-state index in [1.54, 1.807) is 25.3 Å². The third kappa shape index (κ3) is 11.3. The Morgan fingerprint density at radius 1 is 0.891 bits per heavy atom. The van der Waals surface area contributed by atoms with Crippen LogP contribution in [0.3, 0.4) is 0 Å². The van der Waals surface area contributed by atoms with Gasteiger partial charge in [-0.05, 0) is 51.7 Å². The molecule has 1 aromatic heterocycles. The van der Waals surface area contributed by atoms with Crippen molar-refractivity contribution in [3.63, 3.8) is 0 Å². The van der Waals surface area contributed by atoms with Gasteiger partial charge in [-0.2, -0.15) is 0 Å². The monoisotopic (exact) mass is 635 g/mol. The second-order valence-corrected chi connectivity index (χ2v) is 12.8. The zero-order chi connectivity index (χ0) is 33.9. The van der Waals surface area contributed by atoms with Crippen molar-refractivity contribution in [2.75, 3.05) is 18.5 Å². The highest BCUT2D eigenvalue weighted by atomic mass is 16.6. The summed E-state index contributed by atoms with van der Waals surface area (Å²) in [5.41, 5.74) is -0.625. The summed E-state index contributed by atoms with van der Waals surface area (Å²) in [6.45, 7) is 12.3. The quantitative estimate of drug-likeness (QED) is 0.217. The summed E-state index contributed by atoms with van der Waals surface area (Å²) in [7, 11) is 0. The minimum Gasteiger partial charge on any atom is -0.464 e. The number of anilines is 1. The summed E-state index contributed by atoms with van der Waals surface area (Å²) < 4.78 is 18.2. The highest BCUT2D eigenvalue weighted by Crippen LogP contribution is 2.22. The molecule has 0 saturated heterocycles. The van der Waals surface area contributed by atoms with Crippen molar-refractivity contribution in [1.82, 2.24) is 20.2 Å². The van der Waals surface area contributed by atoms with Gasteiger partial charge in [0.1, 0.15) is 17.2 Å². The summed E-state index contributed by atoms with van der Waals surface area (Å²) in [6.07, 6.45) is 2.17. The van der Waals surface area contributed by atoms with Crippen LogP contribution in [0.5, 0.6) is 0 Å². The summed E-state index contributed by atoms with van der Waals surface area (Å²) >= 11 is 0. The Morgan fingerprint density at radius 2 is 1.52 bits per heavy atom. The van der Waals surface area contributed by atoms with Gasteiger partial charge in [0, 0.05) is 6.20 Å². The van der Waals surface area contributed by atoms with Crippen LogP contribution in [0, 0.1) is 5.92 Å². The van der Waals surface area contributed by atoms with Gasteiger partial charge >= 0.3 is 12.1 Å². The topological polar surface area (TPSA) is 150 Å². The molecule has 2 atom stereocenters. The molecule has 0 aliphatic heterocycles. The Balaban J connectivity index is 1.78. The van der Waals surface area contributed by atoms with Gasteiger partial charge < -0.3 is 34.7 Å². The summed E-state index contributed by atoms with van der Waals surface area (Å²) in [4.78, 5) is 56.7. The van der Waals surface area contributed by atoms with Gasteiger partial charge in [0.25, 0.3) is 5.91 Å². The summed E-state index contributed by atoms with van der Waals surface area (Å²) in [6, 6.07) is 16.5. The van der Waals surface area contributed by atoms with Crippen LogP contribution in [-0.4, -0.2) is 63.8 Å². The van der Waals surface area contributed by atoms with E-state index in [-0.39, 0.29) is 31.6 Å². The number of hydrogen-bond donors (Lipinski definition) is 3. The highest BCUT2D eigenvalue weighted by Gasteiger charge is 2.35. The smallest absolute Gasteiger partial charge is 0.408 e. The number of nitrogens with zero attached hydrogens (tertiary/aromatic N) is 2. The third-order valence-electron chi connectivity index (χ3n) is 6.45. The van der Waals surface area contributed by atoms with Gasteiger partial charge in [0.15, 0.2) is 11.9 Å². The minimum atomic E-state index is -1.43. The van der Waals surface area contributed by atoms with Crippen LogP contribution in [0.4, 0.5) is 10.6 Å². The molecule has 0 spiro atoms. The molecule has 0 fully saturated rings. The maximum Gasteiger partial charge on any atom is 0.408 e. The lowest BCUT2D eigenvalue weighted by atomic mass is 10.0. The molecule has 248 valence electrons. The van der Waals surface area contributed by atoms with E-state index in [0.717, 1.165) is 5.56 Å². The van der Waals surface area contributed by atoms with Crippen molar-refractivity contribution >= 4 is 29.7 Å². The Hall–Kier alpha value is -4.71. The largest absolute Gasteiger partial charge is 0.464 e. The Bertz CT molecular complexity index is 1450. The fourth-order valence-corrected chi connectivity index (χ4v) is 4.15. The molecule has 0 bridgehead atoms. The maximum atomic E-state index is 13.5. The average molecular weight is 636 g/mol. The molecule has 1 heterocycles. The molecule has 0 aliphatic carbocycles. The Kier molecular flexibility index (Phi) is 12.5. The van der Waals surface area contributed by atoms with Crippen LogP contribution in [0.15, 0.2) is 73.2 Å². The molecule has 12 nitrogen and oxygen atoms in total. The van der Waals surface area contributed by atoms with E-state index in [1.807, 2.05) is 74.5 Å². The molecular weight excluding hydrogens is 590 g/mol. The second kappa shape index (κ2) is 16.0. The predicted octanol–water partition coefficient (Wildman–Crippen LogP) is 4.62. The predicted molar refractivity (Wildman–Crippen MR) is 173 cm³/mol. The van der Waals surface area contributed by atoms with E-state index >= 15 is 0 Å². The number of nitrogens with one attached hydrogen (secondary N) is 3. The molecule has 3 N–H and O–H groups in total. The number of hydrogen-bond acceptors (Lipinski definition) is 8. The van der Waals surface area contributed by atoms with Crippen LogP contribution in [0.1, 0.15) is 65.6 Å². The van der Waals surface area contributed by atoms with Crippen molar-refractivity contribution < 1.29 is 33.4 Å². The SMILES string of the molecule is CC(C)COC(=O)C(c1ccccc1)n1cnc(NC(=O)C(COCc2ccccc2)NC(=O)C(C)(C)NC(=O)OC(C)(C)C)c1. The molecule has 3 aromatic rings. The number of carbonyl (C=O) groups excluding carboxylic acids is 4.